The van der Waals surface area contributed by atoms with Crippen LogP contribution in [0.1, 0.15) is 34.8 Å². The number of carbonyl (C=O) groups excluding carboxylic acids is 2. The summed E-state index contributed by atoms with van der Waals surface area (Å²) < 4.78 is 46.5. The van der Waals surface area contributed by atoms with Crippen LogP contribution in [-0.2, 0) is 9.53 Å². The second-order valence-electron chi connectivity index (χ2n) is 6.08. The summed E-state index contributed by atoms with van der Waals surface area (Å²) in [5, 5.41) is 9.91. The molecular formula is C19H18F3N3O3. The highest BCUT2D eigenvalue weighted by Gasteiger charge is 2.60. The maximum Gasteiger partial charge on any atom is 0.449 e. The lowest BCUT2D eigenvalue weighted by atomic mass is 9.96. The van der Waals surface area contributed by atoms with Gasteiger partial charge in [-0.2, -0.15) is 13.2 Å². The Hall–Kier alpha value is -3.23. The van der Waals surface area contributed by atoms with Gasteiger partial charge in [-0.1, -0.05) is 24.3 Å². The van der Waals surface area contributed by atoms with Crippen LogP contribution in [-0.4, -0.2) is 34.5 Å². The lowest BCUT2D eigenvalue weighted by Gasteiger charge is -2.35. The standard InChI is InChI=1S/C19H18F3N3O3/c1-12-5-3-4-6-15(12)16(23)11-18(19(20,21)22,28-13(2)26)25-17(27)14-7-9-24-10-8-14/h3-10,23H,11H2,1-2H3,(H,25,27). The molecule has 0 aliphatic rings. The van der Waals surface area contributed by atoms with Crippen molar-refractivity contribution in [3.63, 3.8) is 0 Å². The van der Waals surface area contributed by atoms with Crippen LogP contribution in [0.3, 0.4) is 0 Å². The molecular weight excluding hydrogens is 375 g/mol. The summed E-state index contributed by atoms with van der Waals surface area (Å²) in [6.07, 6.45) is -3.77. The Balaban J connectivity index is 2.45. The number of benzene rings is 1. The summed E-state index contributed by atoms with van der Waals surface area (Å²) in [7, 11) is 0. The number of alkyl halides is 3. The van der Waals surface area contributed by atoms with Crippen molar-refractivity contribution < 1.29 is 27.5 Å². The molecule has 148 valence electrons. The highest BCUT2D eigenvalue weighted by atomic mass is 19.4. The number of halogens is 3. The van der Waals surface area contributed by atoms with Crippen LogP contribution < -0.4 is 5.32 Å². The first-order valence-electron chi connectivity index (χ1n) is 8.18. The summed E-state index contributed by atoms with van der Waals surface area (Å²) in [5.41, 5.74) is -3.10. The summed E-state index contributed by atoms with van der Waals surface area (Å²) >= 11 is 0. The molecule has 1 atom stereocenters. The van der Waals surface area contributed by atoms with E-state index >= 15 is 0 Å². The maximum atomic E-state index is 14.0. The molecule has 2 aromatic rings. The van der Waals surface area contributed by atoms with Crippen molar-refractivity contribution in [2.75, 3.05) is 0 Å². The fraction of sp³-hybridized carbons (Fsp3) is 0.263. The molecule has 0 spiro atoms. The molecule has 1 amide bonds. The third kappa shape index (κ3) is 4.73. The molecule has 0 aliphatic heterocycles. The molecule has 28 heavy (non-hydrogen) atoms. The van der Waals surface area contributed by atoms with Crippen LogP contribution in [0.4, 0.5) is 13.2 Å². The Kier molecular flexibility index (Phi) is 6.17. The van der Waals surface area contributed by atoms with Gasteiger partial charge in [-0.25, -0.2) is 0 Å². The predicted octanol–water partition coefficient (Wildman–Crippen LogP) is 3.40. The number of hydrogen-bond donors (Lipinski definition) is 2. The minimum atomic E-state index is -5.17. The highest BCUT2D eigenvalue weighted by molar-refractivity contribution is 6.01. The first-order chi connectivity index (χ1) is 13.1. The number of rotatable bonds is 6. The van der Waals surface area contributed by atoms with Gasteiger partial charge >= 0.3 is 12.1 Å². The Labute approximate surface area is 159 Å². The monoisotopic (exact) mass is 393 g/mol. The molecule has 1 heterocycles. The van der Waals surface area contributed by atoms with Crippen molar-refractivity contribution in [2.45, 2.75) is 32.2 Å². The van der Waals surface area contributed by atoms with Gasteiger partial charge in [0.15, 0.2) is 0 Å². The van der Waals surface area contributed by atoms with E-state index in [0.29, 0.717) is 5.56 Å². The van der Waals surface area contributed by atoms with E-state index in [1.54, 1.807) is 30.4 Å². The smallest absolute Gasteiger partial charge is 0.429 e. The number of carbonyl (C=O) groups is 2. The Morgan fingerprint density at radius 3 is 2.29 bits per heavy atom. The van der Waals surface area contributed by atoms with E-state index in [0.717, 1.165) is 6.92 Å². The van der Waals surface area contributed by atoms with Gasteiger partial charge in [0.1, 0.15) is 0 Å². The molecule has 0 bridgehead atoms. The third-order valence-electron chi connectivity index (χ3n) is 3.93. The number of esters is 1. The second kappa shape index (κ2) is 8.20. The quantitative estimate of drug-likeness (QED) is 0.447. The van der Waals surface area contributed by atoms with Gasteiger partial charge in [0.2, 0.25) is 0 Å². The molecule has 0 fully saturated rings. The van der Waals surface area contributed by atoms with Gasteiger partial charge in [0.05, 0.1) is 6.42 Å². The first kappa shape index (κ1) is 21.1. The van der Waals surface area contributed by atoms with Crippen molar-refractivity contribution in [2.24, 2.45) is 0 Å². The van der Waals surface area contributed by atoms with Gasteiger partial charge in [-0.15, -0.1) is 0 Å². The normalized spacial score (nSPS) is 13.3. The van der Waals surface area contributed by atoms with Crippen molar-refractivity contribution in [1.29, 1.82) is 5.41 Å². The molecule has 1 aromatic carbocycles. The van der Waals surface area contributed by atoms with Gasteiger partial charge in [-0.05, 0) is 30.2 Å². The number of ether oxygens (including phenoxy) is 1. The van der Waals surface area contributed by atoms with Crippen LogP contribution in [0.15, 0.2) is 48.8 Å². The molecule has 0 saturated heterocycles. The fourth-order valence-electron chi connectivity index (χ4n) is 2.59. The predicted molar refractivity (Wildman–Crippen MR) is 94.9 cm³/mol. The molecule has 0 radical (unpaired) electrons. The van der Waals surface area contributed by atoms with E-state index in [9.17, 15) is 22.8 Å². The number of hydrogen-bond acceptors (Lipinski definition) is 5. The number of aromatic nitrogens is 1. The van der Waals surface area contributed by atoms with E-state index in [4.69, 9.17) is 5.41 Å². The van der Waals surface area contributed by atoms with Crippen LogP contribution >= 0.6 is 0 Å². The zero-order valence-corrected chi connectivity index (χ0v) is 15.1. The largest absolute Gasteiger partial charge is 0.449 e. The SMILES string of the molecule is CC(=O)OC(CC(=N)c1ccccc1C)(NC(=O)c1ccncc1)C(F)(F)F. The van der Waals surface area contributed by atoms with Gasteiger partial charge in [0.25, 0.3) is 11.6 Å². The first-order valence-corrected chi connectivity index (χ1v) is 8.18. The molecule has 2 rings (SSSR count). The average Bonchev–Trinajstić information content (AvgIpc) is 2.61. The highest BCUT2D eigenvalue weighted by Crippen LogP contribution is 2.36. The summed E-state index contributed by atoms with van der Waals surface area (Å²) in [5.74, 6) is -2.36. The van der Waals surface area contributed by atoms with E-state index in [2.05, 4.69) is 9.72 Å². The van der Waals surface area contributed by atoms with Crippen LogP contribution in [0.5, 0.6) is 0 Å². The summed E-state index contributed by atoms with van der Waals surface area (Å²) in [6.45, 7) is 2.44. The second-order valence-corrected chi connectivity index (χ2v) is 6.08. The van der Waals surface area contributed by atoms with Gasteiger partial charge in [-0.3, -0.25) is 14.6 Å². The topological polar surface area (TPSA) is 92.1 Å². The number of pyridine rings is 1. The van der Waals surface area contributed by atoms with E-state index in [1.807, 2.05) is 0 Å². The lowest BCUT2D eigenvalue weighted by molar-refractivity contribution is -0.274. The van der Waals surface area contributed by atoms with E-state index in [1.165, 1.54) is 30.6 Å². The average molecular weight is 393 g/mol. The third-order valence-corrected chi connectivity index (χ3v) is 3.93. The lowest BCUT2D eigenvalue weighted by Crippen LogP contribution is -2.62. The number of nitrogens with zero attached hydrogens (tertiary/aromatic N) is 1. The van der Waals surface area contributed by atoms with Crippen LogP contribution in [0.25, 0.3) is 0 Å². The van der Waals surface area contributed by atoms with Gasteiger partial charge < -0.3 is 15.5 Å². The number of nitrogens with one attached hydrogen (secondary N) is 2. The summed E-state index contributed by atoms with van der Waals surface area (Å²) in [4.78, 5) is 27.5. The van der Waals surface area contributed by atoms with Crippen LogP contribution in [0.2, 0.25) is 0 Å². The minimum Gasteiger partial charge on any atom is -0.429 e. The molecule has 2 N–H and O–H groups in total. The van der Waals surface area contributed by atoms with Crippen molar-refractivity contribution in [3.05, 3.63) is 65.5 Å². The molecule has 9 heteroatoms. The fourth-order valence-corrected chi connectivity index (χ4v) is 2.59. The molecule has 6 nitrogen and oxygen atoms in total. The Bertz CT molecular complexity index is 885. The number of aryl methyl sites for hydroxylation is 1. The molecule has 1 unspecified atom stereocenters. The minimum absolute atomic E-state index is 0.0989. The van der Waals surface area contributed by atoms with Crippen molar-refractivity contribution in [3.8, 4) is 0 Å². The zero-order chi connectivity index (χ0) is 20.9. The van der Waals surface area contributed by atoms with Crippen molar-refractivity contribution in [1.82, 2.24) is 10.3 Å². The van der Waals surface area contributed by atoms with Gasteiger partial charge in [0, 0.05) is 30.6 Å². The molecule has 1 aromatic heterocycles. The van der Waals surface area contributed by atoms with E-state index < -0.39 is 35.9 Å². The Morgan fingerprint density at radius 2 is 1.75 bits per heavy atom. The Morgan fingerprint density at radius 1 is 1.14 bits per heavy atom. The maximum absolute atomic E-state index is 14.0. The van der Waals surface area contributed by atoms with E-state index in [-0.39, 0.29) is 11.1 Å². The van der Waals surface area contributed by atoms with Crippen LogP contribution in [0, 0.1) is 12.3 Å². The summed E-state index contributed by atoms with van der Waals surface area (Å²) in [6, 6.07) is 8.82. The molecule has 0 aliphatic carbocycles. The molecule has 0 saturated carbocycles. The zero-order valence-electron chi connectivity index (χ0n) is 15.1. The number of amides is 1. The van der Waals surface area contributed by atoms with Crippen molar-refractivity contribution >= 4 is 17.6 Å².